The van der Waals surface area contributed by atoms with Gasteiger partial charge in [0.05, 0.1) is 35.6 Å². The molecule has 0 saturated carbocycles. The first-order valence-electron chi connectivity index (χ1n) is 13.2. The van der Waals surface area contributed by atoms with Gasteiger partial charge in [0, 0.05) is 30.9 Å². The number of hydrogen-bond donors (Lipinski definition) is 1. The highest BCUT2D eigenvalue weighted by molar-refractivity contribution is 8.76. The number of benzene rings is 1. The van der Waals surface area contributed by atoms with Crippen molar-refractivity contribution in [3.63, 3.8) is 0 Å². The molecule has 214 valence electrons. The quantitative estimate of drug-likeness (QED) is 0.0895. The van der Waals surface area contributed by atoms with Gasteiger partial charge in [-0.15, -0.1) is 0 Å². The molecule has 0 aliphatic carbocycles. The first-order chi connectivity index (χ1) is 20.0. The number of imidazole rings is 1. The molecule has 0 bridgehead atoms. The molecule has 12 nitrogen and oxygen atoms in total. The summed E-state index contributed by atoms with van der Waals surface area (Å²) in [5, 5.41) is 15.2. The van der Waals surface area contributed by atoms with E-state index in [1.165, 1.54) is 12.4 Å². The summed E-state index contributed by atoms with van der Waals surface area (Å²) in [4.78, 5) is 41.0. The highest BCUT2D eigenvalue weighted by Crippen LogP contribution is 2.35. The molecule has 14 heteroatoms. The number of fused-ring (bicyclic) bond motifs is 1. The van der Waals surface area contributed by atoms with Gasteiger partial charge in [0.25, 0.3) is 5.69 Å². The number of carbonyl (C=O) groups excluding carboxylic acids is 1. The molecule has 0 radical (unpaired) electrons. The highest BCUT2D eigenvalue weighted by Gasteiger charge is 2.37. The summed E-state index contributed by atoms with van der Waals surface area (Å²) >= 11 is 0. The van der Waals surface area contributed by atoms with Crippen LogP contribution >= 0.6 is 21.6 Å². The number of pyridine rings is 1. The molecule has 3 atom stereocenters. The molecule has 4 aromatic rings. The second-order valence-electron chi connectivity index (χ2n) is 9.28. The molecule has 1 N–H and O–H groups in total. The number of nitrogens with zero attached hydrogens (tertiary/aromatic N) is 6. The predicted octanol–water partition coefficient (Wildman–Crippen LogP) is 5.57. The molecule has 1 aliphatic heterocycles. The molecule has 1 fully saturated rings. The van der Waals surface area contributed by atoms with Gasteiger partial charge in [-0.3, -0.25) is 19.5 Å². The van der Waals surface area contributed by atoms with Crippen LogP contribution in [-0.2, 0) is 20.9 Å². The number of ether oxygens (including phenoxy) is 2. The number of aromatic nitrogens is 5. The minimum atomic E-state index is -0.403. The fraction of sp³-hybridized carbons (Fsp3) is 0.370. The number of nitro benzene ring substituents is 1. The topological polar surface area (TPSA) is 147 Å². The van der Waals surface area contributed by atoms with Gasteiger partial charge >= 0.3 is 0 Å². The zero-order valence-electron chi connectivity index (χ0n) is 22.3. The lowest BCUT2D eigenvalue weighted by molar-refractivity contribution is -0.386. The van der Waals surface area contributed by atoms with Gasteiger partial charge in [-0.2, -0.15) is 0 Å². The molecule has 1 amide bonds. The lowest BCUT2D eigenvalue weighted by Gasteiger charge is -2.17. The van der Waals surface area contributed by atoms with E-state index < -0.39 is 11.2 Å². The molecule has 1 aromatic carbocycles. The zero-order valence-corrected chi connectivity index (χ0v) is 23.9. The van der Waals surface area contributed by atoms with Crippen LogP contribution in [0.3, 0.4) is 0 Å². The Kier molecular flexibility index (Phi) is 9.77. The van der Waals surface area contributed by atoms with E-state index in [4.69, 9.17) is 9.47 Å². The number of para-hydroxylation sites is 1. The molecule has 1 saturated heterocycles. The van der Waals surface area contributed by atoms with Crippen molar-refractivity contribution in [2.24, 2.45) is 0 Å². The van der Waals surface area contributed by atoms with Crippen LogP contribution in [0.25, 0.3) is 11.2 Å². The standard InChI is InChI=1S/C27H29N7O5S2/c1-2-20-21(38-15-18-8-3-4-9-19(18)34(36)37)14-24(39-20)33-17-31-25-26(29-16-30-27(25)33)32-22(35)10-7-13-40-41-23-11-5-6-12-28-23/h3-6,8-9,11-12,16-17,20-21,24H,2,7,10,13-15H2,1H3,(H,29,30,32,35)/t20?,21?,24-/m1/s1. The van der Waals surface area contributed by atoms with Crippen molar-refractivity contribution >= 4 is 50.2 Å². The third-order valence-corrected chi connectivity index (χ3v) is 8.92. The van der Waals surface area contributed by atoms with Crippen LogP contribution in [0.4, 0.5) is 11.5 Å². The third kappa shape index (κ3) is 7.19. The van der Waals surface area contributed by atoms with Crippen LogP contribution in [-0.4, -0.2) is 53.3 Å². The fourth-order valence-electron chi connectivity index (χ4n) is 4.56. The van der Waals surface area contributed by atoms with Crippen molar-refractivity contribution in [3.8, 4) is 0 Å². The summed E-state index contributed by atoms with van der Waals surface area (Å²) < 4.78 is 14.2. The Hall–Kier alpha value is -3.59. The highest BCUT2D eigenvalue weighted by atomic mass is 33.1. The molecule has 2 unspecified atom stereocenters. The summed E-state index contributed by atoms with van der Waals surface area (Å²) in [6.45, 7) is 2.11. The Morgan fingerprint density at radius 1 is 1.20 bits per heavy atom. The van der Waals surface area contributed by atoms with E-state index in [2.05, 4.69) is 25.3 Å². The second-order valence-corrected chi connectivity index (χ2v) is 11.7. The summed E-state index contributed by atoms with van der Waals surface area (Å²) in [7, 11) is 3.25. The summed E-state index contributed by atoms with van der Waals surface area (Å²) in [5.74, 6) is 1.01. The first-order valence-corrected chi connectivity index (χ1v) is 15.5. The van der Waals surface area contributed by atoms with Crippen molar-refractivity contribution in [2.75, 3.05) is 11.1 Å². The van der Waals surface area contributed by atoms with E-state index in [-0.39, 0.29) is 30.4 Å². The molecule has 1 aliphatic rings. The van der Waals surface area contributed by atoms with Crippen molar-refractivity contribution in [2.45, 2.75) is 62.7 Å². The Bertz CT molecular complexity index is 1490. The Morgan fingerprint density at radius 3 is 2.85 bits per heavy atom. The number of amides is 1. The van der Waals surface area contributed by atoms with Gasteiger partial charge in [-0.05, 0) is 41.8 Å². The van der Waals surface area contributed by atoms with E-state index in [1.54, 1.807) is 52.3 Å². The zero-order chi connectivity index (χ0) is 28.6. The van der Waals surface area contributed by atoms with E-state index >= 15 is 0 Å². The predicted molar refractivity (Wildman–Crippen MR) is 156 cm³/mol. The average molecular weight is 596 g/mol. The van der Waals surface area contributed by atoms with Crippen molar-refractivity contribution in [1.82, 2.24) is 24.5 Å². The molecule has 4 heterocycles. The number of hydrogen-bond acceptors (Lipinski definition) is 11. The number of nitro groups is 1. The molecular formula is C27H29N7O5S2. The van der Waals surface area contributed by atoms with Crippen LogP contribution < -0.4 is 5.32 Å². The minimum Gasteiger partial charge on any atom is -0.370 e. The van der Waals surface area contributed by atoms with Crippen LogP contribution in [0.2, 0.25) is 0 Å². The Labute approximate surface area is 244 Å². The van der Waals surface area contributed by atoms with Gasteiger partial charge in [0.1, 0.15) is 17.6 Å². The molecule has 0 spiro atoms. The normalized spacial score (nSPS) is 18.5. The summed E-state index contributed by atoms with van der Waals surface area (Å²) in [5.41, 5.74) is 1.56. The maximum absolute atomic E-state index is 12.6. The molecule has 3 aromatic heterocycles. The average Bonchev–Trinajstić information content (AvgIpc) is 3.61. The van der Waals surface area contributed by atoms with Crippen molar-refractivity contribution < 1.29 is 19.2 Å². The van der Waals surface area contributed by atoms with Crippen LogP contribution in [0.5, 0.6) is 0 Å². The number of nitrogens with one attached hydrogen (secondary N) is 1. The Morgan fingerprint density at radius 2 is 2.05 bits per heavy atom. The van der Waals surface area contributed by atoms with E-state index in [0.717, 1.165) is 10.8 Å². The van der Waals surface area contributed by atoms with Crippen LogP contribution in [0.1, 0.15) is 44.4 Å². The second kappa shape index (κ2) is 13.9. The monoisotopic (exact) mass is 595 g/mol. The van der Waals surface area contributed by atoms with Gasteiger partial charge in [0.15, 0.2) is 17.0 Å². The third-order valence-electron chi connectivity index (χ3n) is 6.56. The fourth-order valence-corrected chi connectivity index (χ4v) is 6.52. The van der Waals surface area contributed by atoms with E-state index in [1.807, 2.05) is 29.7 Å². The number of carbonyl (C=O) groups is 1. The Balaban J connectivity index is 1.18. The lowest BCUT2D eigenvalue weighted by atomic mass is 10.1. The SMILES string of the molecule is CCC1O[C@@H](n2cnc3c(NC(=O)CCCSSc4ccccn4)ncnc32)CC1OCc1ccccc1[N+](=O)[O-]. The largest absolute Gasteiger partial charge is 0.370 e. The van der Waals surface area contributed by atoms with Crippen molar-refractivity contribution in [3.05, 3.63) is 77.0 Å². The van der Waals surface area contributed by atoms with E-state index in [9.17, 15) is 14.9 Å². The summed E-state index contributed by atoms with van der Waals surface area (Å²) in [6, 6.07) is 12.3. The smallest absolute Gasteiger partial charge is 0.274 e. The van der Waals surface area contributed by atoms with Crippen LogP contribution in [0.15, 0.2) is 66.3 Å². The lowest BCUT2D eigenvalue weighted by Crippen LogP contribution is -2.23. The van der Waals surface area contributed by atoms with Crippen LogP contribution in [0, 0.1) is 10.1 Å². The number of rotatable bonds is 13. The first kappa shape index (κ1) is 28.9. The van der Waals surface area contributed by atoms with Gasteiger partial charge < -0.3 is 14.8 Å². The molecule has 41 heavy (non-hydrogen) atoms. The summed E-state index contributed by atoms with van der Waals surface area (Å²) in [6.07, 6.45) is 6.21. The van der Waals surface area contributed by atoms with Crippen molar-refractivity contribution in [1.29, 1.82) is 0 Å². The maximum atomic E-state index is 12.6. The van der Waals surface area contributed by atoms with Gasteiger partial charge in [-0.1, -0.05) is 35.9 Å². The molecule has 5 rings (SSSR count). The van der Waals surface area contributed by atoms with Gasteiger partial charge in [-0.25, -0.2) is 19.9 Å². The van der Waals surface area contributed by atoms with E-state index in [0.29, 0.717) is 48.2 Å². The maximum Gasteiger partial charge on any atom is 0.274 e. The number of anilines is 1. The van der Waals surface area contributed by atoms with Gasteiger partial charge in [0.2, 0.25) is 5.91 Å². The minimum absolute atomic E-state index is 0.0324. The molecular weight excluding hydrogens is 566 g/mol.